The summed E-state index contributed by atoms with van der Waals surface area (Å²) < 4.78 is 11.5. The maximum atomic E-state index is 10.9. The predicted molar refractivity (Wildman–Crippen MR) is 95.4 cm³/mol. The van der Waals surface area contributed by atoms with E-state index in [1.54, 1.807) is 0 Å². The summed E-state index contributed by atoms with van der Waals surface area (Å²) in [4.78, 5) is 10.9. The van der Waals surface area contributed by atoms with Crippen LogP contribution in [-0.4, -0.2) is 24.8 Å². The van der Waals surface area contributed by atoms with E-state index in [-0.39, 0.29) is 12.1 Å². The van der Waals surface area contributed by atoms with Gasteiger partial charge in [-0.15, -0.1) is 0 Å². The number of unbranched alkanes of at least 4 members (excludes halogenated alkanes) is 1. The number of hydrogen-bond donors (Lipinski definition) is 0. The Morgan fingerprint density at radius 2 is 2.29 bits per heavy atom. The van der Waals surface area contributed by atoms with E-state index in [1.165, 1.54) is 25.3 Å². The number of rotatable bonds is 6. The summed E-state index contributed by atoms with van der Waals surface area (Å²) in [6.45, 7) is 6.39. The standard InChI is InChI=1S/C21H30O3/c1-4-5-8-16-9-6-10-18-20-17(11-7-12-23-15(3)22)14(2)13-19(20)24-21(16)18/h6-7,9-11,14,17-21H,4-5,8,12-13H2,1-3H3/b11-7+/t14-,17?,18?,19+,20+,21?/m1/s1. The van der Waals surface area contributed by atoms with E-state index in [1.807, 2.05) is 6.08 Å². The Kier molecular flexibility index (Phi) is 5.60. The van der Waals surface area contributed by atoms with Gasteiger partial charge >= 0.3 is 5.97 Å². The van der Waals surface area contributed by atoms with Crippen LogP contribution in [-0.2, 0) is 14.3 Å². The summed E-state index contributed by atoms with van der Waals surface area (Å²) in [7, 11) is 0. The molecule has 0 bridgehead atoms. The average Bonchev–Trinajstić information content (AvgIpc) is 3.05. The van der Waals surface area contributed by atoms with Crippen molar-refractivity contribution in [3.05, 3.63) is 36.0 Å². The Labute approximate surface area is 145 Å². The first-order valence-corrected chi connectivity index (χ1v) is 9.44. The van der Waals surface area contributed by atoms with E-state index < -0.39 is 0 Å². The lowest BCUT2D eigenvalue weighted by atomic mass is 9.76. The van der Waals surface area contributed by atoms with Crippen LogP contribution in [0.2, 0.25) is 0 Å². The number of carbonyl (C=O) groups is 1. The second-order valence-electron chi connectivity index (χ2n) is 7.50. The Balaban J connectivity index is 1.69. The number of allylic oxidation sites excluding steroid dienone is 3. The molecule has 0 N–H and O–H groups in total. The third-order valence-electron chi connectivity index (χ3n) is 5.82. The molecular weight excluding hydrogens is 300 g/mol. The lowest BCUT2D eigenvalue weighted by molar-refractivity contribution is -0.139. The van der Waals surface area contributed by atoms with Gasteiger partial charge in [0.2, 0.25) is 0 Å². The maximum absolute atomic E-state index is 10.9. The Hall–Kier alpha value is -1.35. The molecule has 0 aromatic carbocycles. The molecule has 3 aliphatic rings. The maximum Gasteiger partial charge on any atom is 0.302 e. The van der Waals surface area contributed by atoms with Gasteiger partial charge in [-0.05, 0) is 36.7 Å². The summed E-state index contributed by atoms with van der Waals surface area (Å²) in [6.07, 6.45) is 16.6. The topological polar surface area (TPSA) is 35.5 Å². The fourth-order valence-corrected chi connectivity index (χ4v) is 4.71. The third-order valence-corrected chi connectivity index (χ3v) is 5.82. The second kappa shape index (κ2) is 7.69. The molecule has 1 heterocycles. The predicted octanol–water partition coefficient (Wildman–Crippen LogP) is 4.45. The quantitative estimate of drug-likeness (QED) is 0.533. The molecule has 0 spiro atoms. The van der Waals surface area contributed by atoms with Crippen molar-refractivity contribution in [2.45, 2.75) is 58.7 Å². The van der Waals surface area contributed by atoms with Crippen molar-refractivity contribution < 1.29 is 14.3 Å². The Morgan fingerprint density at radius 3 is 3.04 bits per heavy atom. The summed E-state index contributed by atoms with van der Waals surface area (Å²) in [6, 6.07) is 0. The van der Waals surface area contributed by atoms with Crippen LogP contribution < -0.4 is 0 Å². The van der Waals surface area contributed by atoms with E-state index in [0.29, 0.717) is 36.4 Å². The highest BCUT2D eigenvalue weighted by Crippen LogP contribution is 2.53. The monoisotopic (exact) mass is 330 g/mol. The molecule has 3 heteroatoms. The highest BCUT2D eigenvalue weighted by atomic mass is 16.5. The van der Waals surface area contributed by atoms with E-state index >= 15 is 0 Å². The van der Waals surface area contributed by atoms with Crippen LogP contribution in [0.15, 0.2) is 36.0 Å². The van der Waals surface area contributed by atoms with Gasteiger partial charge in [0.15, 0.2) is 0 Å². The number of fused-ring (bicyclic) bond motifs is 3. The number of ether oxygens (including phenoxy) is 2. The summed E-state index contributed by atoms with van der Waals surface area (Å²) in [5.74, 6) is 1.96. The normalized spacial score (nSPS) is 37.4. The van der Waals surface area contributed by atoms with Crippen molar-refractivity contribution >= 4 is 5.97 Å². The Morgan fingerprint density at radius 1 is 1.46 bits per heavy atom. The van der Waals surface area contributed by atoms with Gasteiger partial charge in [0.25, 0.3) is 0 Å². The molecule has 3 rings (SSSR count). The number of carbonyl (C=O) groups excluding carboxylic acids is 1. The van der Waals surface area contributed by atoms with Gasteiger partial charge in [-0.3, -0.25) is 4.79 Å². The van der Waals surface area contributed by atoms with Crippen LogP contribution in [0.1, 0.15) is 46.5 Å². The van der Waals surface area contributed by atoms with E-state index in [0.717, 1.165) is 12.8 Å². The lowest BCUT2D eigenvalue weighted by Crippen LogP contribution is -2.27. The van der Waals surface area contributed by atoms with E-state index in [4.69, 9.17) is 9.47 Å². The van der Waals surface area contributed by atoms with Gasteiger partial charge in [-0.2, -0.15) is 0 Å². The molecule has 0 aromatic rings. The Bertz CT molecular complexity index is 545. The van der Waals surface area contributed by atoms with Crippen molar-refractivity contribution in [1.82, 2.24) is 0 Å². The zero-order chi connectivity index (χ0) is 17.1. The summed E-state index contributed by atoms with van der Waals surface area (Å²) in [5.41, 5.74) is 1.48. The minimum atomic E-state index is -0.220. The van der Waals surface area contributed by atoms with Gasteiger partial charge in [0.05, 0.1) is 12.2 Å². The molecule has 3 unspecified atom stereocenters. The third kappa shape index (κ3) is 3.51. The first-order valence-electron chi connectivity index (χ1n) is 9.44. The number of hydrogen-bond acceptors (Lipinski definition) is 3. The minimum absolute atomic E-state index is 0.220. The first-order chi connectivity index (χ1) is 11.6. The van der Waals surface area contributed by atoms with Crippen molar-refractivity contribution in [2.75, 3.05) is 6.61 Å². The molecule has 1 saturated heterocycles. The molecule has 2 fully saturated rings. The second-order valence-corrected chi connectivity index (χ2v) is 7.50. The van der Waals surface area contributed by atoms with Crippen LogP contribution in [0.3, 0.4) is 0 Å². The van der Waals surface area contributed by atoms with Crippen molar-refractivity contribution in [2.24, 2.45) is 23.7 Å². The van der Waals surface area contributed by atoms with Crippen molar-refractivity contribution in [3.63, 3.8) is 0 Å². The fourth-order valence-electron chi connectivity index (χ4n) is 4.71. The van der Waals surface area contributed by atoms with Gasteiger partial charge in [-0.1, -0.05) is 50.6 Å². The van der Waals surface area contributed by atoms with Gasteiger partial charge in [0.1, 0.15) is 6.61 Å². The van der Waals surface area contributed by atoms with E-state index in [2.05, 4.69) is 38.2 Å². The van der Waals surface area contributed by atoms with Crippen LogP contribution in [0.25, 0.3) is 0 Å². The van der Waals surface area contributed by atoms with Crippen LogP contribution in [0.4, 0.5) is 0 Å². The molecule has 2 aliphatic carbocycles. The lowest BCUT2D eigenvalue weighted by Gasteiger charge is -2.28. The van der Waals surface area contributed by atoms with Crippen LogP contribution >= 0.6 is 0 Å². The molecular formula is C21H30O3. The molecule has 1 saturated carbocycles. The minimum Gasteiger partial charge on any atom is -0.462 e. The van der Waals surface area contributed by atoms with Crippen molar-refractivity contribution in [1.29, 1.82) is 0 Å². The van der Waals surface area contributed by atoms with E-state index in [9.17, 15) is 4.79 Å². The molecule has 0 aromatic heterocycles. The average molecular weight is 330 g/mol. The van der Waals surface area contributed by atoms with Crippen LogP contribution in [0.5, 0.6) is 0 Å². The van der Waals surface area contributed by atoms with Gasteiger partial charge in [-0.25, -0.2) is 0 Å². The fraction of sp³-hybridized carbons (Fsp3) is 0.667. The zero-order valence-electron chi connectivity index (χ0n) is 15.1. The molecule has 6 atom stereocenters. The first kappa shape index (κ1) is 17.5. The molecule has 1 aliphatic heterocycles. The van der Waals surface area contributed by atoms with Gasteiger partial charge < -0.3 is 9.47 Å². The molecule has 0 amide bonds. The molecule has 3 nitrogen and oxygen atoms in total. The highest BCUT2D eigenvalue weighted by Gasteiger charge is 2.53. The number of esters is 1. The highest BCUT2D eigenvalue weighted by molar-refractivity contribution is 5.65. The molecule has 24 heavy (non-hydrogen) atoms. The smallest absolute Gasteiger partial charge is 0.302 e. The summed E-state index contributed by atoms with van der Waals surface area (Å²) >= 11 is 0. The SMILES string of the molecule is CCCCC1=CC=CC2C1O[C@H]1C[C@@H](C)C(/C=C/COC(C)=O)[C@@H]21. The summed E-state index contributed by atoms with van der Waals surface area (Å²) in [5, 5.41) is 0. The zero-order valence-corrected chi connectivity index (χ0v) is 15.1. The molecule has 132 valence electrons. The van der Waals surface area contributed by atoms with Crippen LogP contribution in [0, 0.1) is 23.7 Å². The van der Waals surface area contributed by atoms with Crippen molar-refractivity contribution in [3.8, 4) is 0 Å². The largest absolute Gasteiger partial charge is 0.462 e. The van der Waals surface area contributed by atoms with Gasteiger partial charge in [0, 0.05) is 18.8 Å². The molecule has 0 radical (unpaired) electrons.